The van der Waals surface area contributed by atoms with E-state index in [0.717, 1.165) is 11.1 Å². The van der Waals surface area contributed by atoms with Crippen molar-refractivity contribution < 1.29 is 37.7 Å². The maximum Gasteiger partial charge on any atom is 0.407 e. The highest BCUT2D eigenvalue weighted by Gasteiger charge is 2.33. The van der Waals surface area contributed by atoms with Gasteiger partial charge in [0, 0.05) is 42.1 Å². The van der Waals surface area contributed by atoms with E-state index < -0.39 is 35.2 Å². The quantitative estimate of drug-likeness (QED) is 0.286. The minimum atomic E-state index is -0.721. The molecule has 3 amide bonds. The lowest BCUT2D eigenvalue weighted by atomic mass is 9.97. The number of alkyl carbamates (subject to hydrolysis) is 2. The van der Waals surface area contributed by atoms with E-state index in [4.69, 9.17) is 18.9 Å². The predicted octanol–water partition coefficient (Wildman–Crippen LogP) is 5.86. The number of aromatic nitrogens is 1. The highest BCUT2D eigenvalue weighted by Crippen LogP contribution is 2.44. The fraction of sp³-hybridized carbons (Fsp3) is 0.469. The molecule has 3 aromatic rings. The topological polar surface area (TPSA) is 131 Å². The van der Waals surface area contributed by atoms with Crippen molar-refractivity contribution in [3.63, 3.8) is 0 Å². The minimum Gasteiger partial charge on any atom is -0.454 e. The highest BCUT2D eigenvalue weighted by molar-refractivity contribution is 6.11. The second-order valence-electron chi connectivity index (χ2n) is 13.0. The molecule has 44 heavy (non-hydrogen) atoms. The molecular formula is C32H39FN4O7. The van der Waals surface area contributed by atoms with Crippen LogP contribution in [0.4, 0.5) is 14.0 Å². The number of benzene rings is 2. The molecule has 3 N–H and O–H groups in total. The summed E-state index contributed by atoms with van der Waals surface area (Å²) >= 11 is 0. The van der Waals surface area contributed by atoms with E-state index in [2.05, 4.69) is 15.6 Å². The summed E-state index contributed by atoms with van der Waals surface area (Å²) in [5.74, 6) is 0.375. The van der Waals surface area contributed by atoms with E-state index in [1.807, 2.05) is 12.1 Å². The van der Waals surface area contributed by atoms with Gasteiger partial charge in [-0.1, -0.05) is 0 Å². The molecule has 1 atom stereocenters. The van der Waals surface area contributed by atoms with E-state index in [0.29, 0.717) is 53.0 Å². The fourth-order valence-electron chi connectivity index (χ4n) is 5.34. The molecule has 0 spiro atoms. The Morgan fingerprint density at radius 3 is 2.41 bits per heavy atom. The number of carbonyl (C=O) groups excluding carboxylic acids is 3. The summed E-state index contributed by atoms with van der Waals surface area (Å²) in [5, 5.41) is 6.22. The summed E-state index contributed by atoms with van der Waals surface area (Å²) in [5.41, 5.74) is 1.68. The van der Waals surface area contributed by atoms with Gasteiger partial charge >= 0.3 is 12.2 Å². The van der Waals surface area contributed by atoms with Gasteiger partial charge in [-0.15, -0.1) is 0 Å². The number of hydrogen-bond acceptors (Lipinski definition) is 7. The van der Waals surface area contributed by atoms with Crippen molar-refractivity contribution in [3.05, 3.63) is 47.4 Å². The van der Waals surface area contributed by atoms with Crippen LogP contribution in [0.5, 0.6) is 11.5 Å². The van der Waals surface area contributed by atoms with E-state index in [9.17, 15) is 18.8 Å². The number of hydrogen-bond donors (Lipinski definition) is 3. The first-order valence-corrected chi connectivity index (χ1v) is 14.7. The Labute approximate surface area is 255 Å². The zero-order valence-corrected chi connectivity index (χ0v) is 25.9. The van der Waals surface area contributed by atoms with E-state index in [1.165, 1.54) is 12.1 Å². The fourth-order valence-corrected chi connectivity index (χ4v) is 5.34. The molecule has 11 nitrogen and oxygen atoms in total. The molecule has 0 fully saturated rings. The third-order valence-electron chi connectivity index (χ3n) is 7.05. The number of fused-ring (bicyclic) bond motifs is 6. The largest absolute Gasteiger partial charge is 0.454 e. The van der Waals surface area contributed by atoms with Crippen LogP contribution < -0.4 is 20.1 Å². The summed E-state index contributed by atoms with van der Waals surface area (Å²) in [6.45, 7) is 11.4. The van der Waals surface area contributed by atoms with Crippen LogP contribution in [0.15, 0.2) is 30.3 Å². The number of H-pyrrole nitrogens is 1. The van der Waals surface area contributed by atoms with Crippen LogP contribution in [0.3, 0.4) is 0 Å². The summed E-state index contributed by atoms with van der Waals surface area (Å²) in [7, 11) is 0. The van der Waals surface area contributed by atoms with Crippen LogP contribution in [0, 0.1) is 5.82 Å². The molecule has 12 heteroatoms. The SMILES string of the molecule is CC(C)(C)OC(=O)NCCC[C@@H](CN1Cc2cc3c(cc2-c2c([nH]c4ccc(F)cc24)C1=O)OCO3)NC(=O)OC(C)(C)C. The molecule has 0 unspecified atom stereocenters. The number of nitrogens with zero attached hydrogens (tertiary/aromatic N) is 1. The van der Waals surface area contributed by atoms with E-state index in [-0.39, 0.29) is 25.8 Å². The summed E-state index contributed by atoms with van der Waals surface area (Å²) < 4.78 is 36.5. The lowest BCUT2D eigenvalue weighted by molar-refractivity contribution is 0.0465. The molecule has 0 bridgehead atoms. The van der Waals surface area contributed by atoms with Gasteiger partial charge in [-0.05, 0) is 95.8 Å². The normalized spacial score (nSPS) is 14.9. The molecular weight excluding hydrogens is 571 g/mol. The predicted molar refractivity (Wildman–Crippen MR) is 161 cm³/mol. The number of nitrogens with one attached hydrogen (secondary N) is 3. The Kier molecular flexibility index (Phi) is 8.37. The molecule has 2 aliphatic rings. The second-order valence-corrected chi connectivity index (χ2v) is 13.0. The monoisotopic (exact) mass is 610 g/mol. The van der Waals surface area contributed by atoms with E-state index >= 15 is 0 Å². The van der Waals surface area contributed by atoms with Crippen LogP contribution in [-0.4, -0.2) is 65.1 Å². The first-order chi connectivity index (χ1) is 20.7. The van der Waals surface area contributed by atoms with Crippen molar-refractivity contribution in [1.82, 2.24) is 20.5 Å². The zero-order chi connectivity index (χ0) is 31.8. The molecule has 2 aromatic carbocycles. The molecule has 5 rings (SSSR count). The van der Waals surface area contributed by atoms with Gasteiger partial charge in [0.1, 0.15) is 22.7 Å². The first-order valence-electron chi connectivity index (χ1n) is 14.7. The average molecular weight is 611 g/mol. The van der Waals surface area contributed by atoms with Crippen molar-refractivity contribution in [3.8, 4) is 22.6 Å². The number of ether oxygens (including phenoxy) is 4. The van der Waals surface area contributed by atoms with Gasteiger partial charge in [0.05, 0.1) is 0 Å². The van der Waals surface area contributed by atoms with Gasteiger partial charge in [0.25, 0.3) is 5.91 Å². The average Bonchev–Trinajstić information content (AvgIpc) is 3.48. The van der Waals surface area contributed by atoms with Gasteiger partial charge in [-0.2, -0.15) is 0 Å². The summed E-state index contributed by atoms with van der Waals surface area (Å²) in [6, 6.07) is 7.50. The van der Waals surface area contributed by atoms with Gasteiger partial charge in [0.15, 0.2) is 11.5 Å². The van der Waals surface area contributed by atoms with Crippen molar-refractivity contribution in [2.45, 2.75) is 78.2 Å². The minimum absolute atomic E-state index is 0.0788. The lowest BCUT2D eigenvalue weighted by Gasteiger charge is -2.29. The molecule has 1 aromatic heterocycles. The van der Waals surface area contributed by atoms with Crippen LogP contribution in [0.25, 0.3) is 22.0 Å². The number of rotatable bonds is 7. The van der Waals surface area contributed by atoms with Crippen molar-refractivity contribution >= 4 is 29.0 Å². The van der Waals surface area contributed by atoms with Gasteiger partial charge in [-0.25, -0.2) is 14.0 Å². The van der Waals surface area contributed by atoms with Crippen LogP contribution in [0.1, 0.15) is 70.4 Å². The first kappa shape index (κ1) is 31.0. The maximum absolute atomic E-state index is 14.4. The third kappa shape index (κ3) is 7.17. The molecule has 0 saturated carbocycles. The Balaban J connectivity index is 1.43. The van der Waals surface area contributed by atoms with Gasteiger partial charge in [-0.3, -0.25) is 4.79 Å². The third-order valence-corrected chi connectivity index (χ3v) is 7.05. The number of amides is 3. The van der Waals surface area contributed by atoms with Gasteiger partial charge in [0.2, 0.25) is 6.79 Å². The summed E-state index contributed by atoms with van der Waals surface area (Å²) in [4.78, 5) is 43.9. The molecule has 3 heterocycles. The standard InChI is InChI=1S/C32H39FN4O7/c1-31(2,3)43-29(39)34-11-7-8-20(35-30(40)44-32(4,5)6)16-37-15-18-12-24-25(42-17-41-24)14-21(18)26-22-13-19(33)9-10-23(22)36-27(26)28(37)38/h9-10,12-14,20,36H,7-8,11,15-17H2,1-6H3,(H,34,39)(H,35,40)/t20-/m0/s1. The van der Waals surface area contributed by atoms with Crippen molar-refractivity contribution in [2.24, 2.45) is 0 Å². The molecule has 0 radical (unpaired) electrons. The Morgan fingerprint density at radius 2 is 1.70 bits per heavy atom. The second kappa shape index (κ2) is 11.9. The maximum atomic E-state index is 14.4. The van der Waals surface area contributed by atoms with E-state index in [1.54, 1.807) is 52.5 Å². The molecule has 236 valence electrons. The van der Waals surface area contributed by atoms with Crippen LogP contribution in [-0.2, 0) is 16.0 Å². The van der Waals surface area contributed by atoms with Gasteiger partial charge < -0.3 is 39.5 Å². The summed E-state index contributed by atoms with van der Waals surface area (Å²) in [6.07, 6.45) is -0.226. The smallest absolute Gasteiger partial charge is 0.407 e. The molecule has 0 aliphatic carbocycles. The zero-order valence-electron chi connectivity index (χ0n) is 25.9. The van der Waals surface area contributed by atoms with Crippen molar-refractivity contribution in [2.75, 3.05) is 19.9 Å². The van der Waals surface area contributed by atoms with Crippen LogP contribution >= 0.6 is 0 Å². The van der Waals surface area contributed by atoms with Crippen LogP contribution in [0.2, 0.25) is 0 Å². The Bertz CT molecular complexity index is 1590. The number of carbonyl (C=O) groups is 3. The molecule has 2 aliphatic heterocycles. The number of aromatic amines is 1. The Hall–Kier alpha value is -4.48. The Morgan fingerprint density at radius 1 is 1.02 bits per heavy atom. The lowest BCUT2D eigenvalue weighted by Crippen LogP contribution is -2.47. The van der Waals surface area contributed by atoms with Crippen molar-refractivity contribution in [1.29, 1.82) is 0 Å². The highest BCUT2D eigenvalue weighted by atomic mass is 19.1. The molecule has 0 saturated heterocycles. The number of halogens is 1.